The van der Waals surface area contributed by atoms with Gasteiger partial charge in [0.2, 0.25) is 15.9 Å². The Morgan fingerprint density at radius 2 is 1.62 bits per heavy atom. The summed E-state index contributed by atoms with van der Waals surface area (Å²) in [5.74, 6) is 0.00885. The van der Waals surface area contributed by atoms with E-state index in [0.29, 0.717) is 11.4 Å². The fourth-order valence-corrected chi connectivity index (χ4v) is 4.65. The van der Waals surface area contributed by atoms with E-state index >= 15 is 0 Å². The van der Waals surface area contributed by atoms with Crippen molar-refractivity contribution in [3.8, 4) is 5.75 Å². The minimum atomic E-state index is -3.73. The largest absolute Gasteiger partial charge is 0.495 e. The van der Waals surface area contributed by atoms with Crippen molar-refractivity contribution in [1.29, 1.82) is 0 Å². The number of sulfonamides is 1. The molecule has 0 heterocycles. The zero-order valence-corrected chi connectivity index (χ0v) is 18.9. The molecule has 0 unspecified atom stereocenters. The molecule has 7 heteroatoms. The number of nitrogens with one attached hydrogen (secondary N) is 1. The SMILES string of the molecule is COc1ccc(C)cc1N([C@H](C)C(=O)N[C@H](C)c1ccc(C)cc1C)S(C)(=O)=O. The minimum absolute atomic E-state index is 0.258. The molecule has 0 aliphatic rings. The number of ether oxygens (including phenoxy) is 1. The molecular weight excluding hydrogens is 388 g/mol. The fourth-order valence-electron chi connectivity index (χ4n) is 3.48. The molecule has 2 atom stereocenters. The van der Waals surface area contributed by atoms with Crippen molar-refractivity contribution in [3.05, 3.63) is 58.7 Å². The van der Waals surface area contributed by atoms with Crippen LogP contribution in [-0.4, -0.2) is 33.7 Å². The van der Waals surface area contributed by atoms with Gasteiger partial charge in [-0.1, -0.05) is 29.8 Å². The lowest BCUT2D eigenvalue weighted by molar-refractivity contribution is -0.122. The number of aryl methyl sites for hydroxylation is 3. The summed E-state index contributed by atoms with van der Waals surface area (Å²) < 4.78 is 31.6. The van der Waals surface area contributed by atoms with Gasteiger partial charge in [0, 0.05) is 0 Å². The van der Waals surface area contributed by atoms with E-state index in [0.717, 1.165) is 32.8 Å². The predicted molar refractivity (Wildman–Crippen MR) is 117 cm³/mol. The summed E-state index contributed by atoms with van der Waals surface area (Å²) in [6, 6.07) is 10.1. The van der Waals surface area contributed by atoms with E-state index in [1.807, 2.05) is 45.9 Å². The first kappa shape index (κ1) is 22.7. The van der Waals surface area contributed by atoms with Gasteiger partial charge >= 0.3 is 0 Å². The second-order valence-corrected chi connectivity index (χ2v) is 9.36. The molecule has 2 rings (SSSR count). The van der Waals surface area contributed by atoms with Crippen LogP contribution in [-0.2, 0) is 14.8 Å². The van der Waals surface area contributed by atoms with E-state index in [2.05, 4.69) is 11.4 Å². The molecule has 6 nitrogen and oxygen atoms in total. The van der Waals surface area contributed by atoms with Gasteiger partial charge in [-0.15, -0.1) is 0 Å². The molecule has 0 radical (unpaired) electrons. The first-order chi connectivity index (χ1) is 13.5. The number of hydrogen-bond acceptors (Lipinski definition) is 4. The van der Waals surface area contributed by atoms with Crippen LogP contribution in [0.2, 0.25) is 0 Å². The summed E-state index contributed by atoms with van der Waals surface area (Å²) in [7, 11) is -2.26. The van der Waals surface area contributed by atoms with Crippen LogP contribution in [0.3, 0.4) is 0 Å². The van der Waals surface area contributed by atoms with Gasteiger partial charge in [0.15, 0.2) is 0 Å². The van der Waals surface area contributed by atoms with Gasteiger partial charge < -0.3 is 10.1 Å². The number of nitrogens with zero attached hydrogens (tertiary/aromatic N) is 1. The number of carbonyl (C=O) groups is 1. The van der Waals surface area contributed by atoms with Gasteiger partial charge in [0.1, 0.15) is 11.8 Å². The van der Waals surface area contributed by atoms with Crippen LogP contribution >= 0.6 is 0 Å². The number of methoxy groups -OCH3 is 1. The molecule has 0 spiro atoms. The average Bonchev–Trinajstić information content (AvgIpc) is 2.60. The highest BCUT2D eigenvalue weighted by atomic mass is 32.2. The van der Waals surface area contributed by atoms with E-state index in [1.54, 1.807) is 19.1 Å². The Morgan fingerprint density at radius 1 is 1.03 bits per heavy atom. The summed E-state index contributed by atoms with van der Waals surface area (Å²) in [4.78, 5) is 13.0. The van der Waals surface area contributed by atoms with Crippen molar-refractivity contribution in [2.75, 3.05) is 17.7 Å². The van der Waals surface area contributed by atoms with E-state index in [4.69, 9.17) is 4.74 Å². The predicted octanol–water partition coefficient (Wildman–Crippen LogP) is 3.65. The van der Waals surface area contributed by atoms with Crippen molar-refractivity contribution in [2.24, 2.45) is 0 Å². The number of anilines is 1. The summed E-state index contributed by atoms with van der Waals surface area (Å²) in [5, 5.41) is 2.94. The standard InChI is InChI=1S/C22H30N2O4S/c1-14-8-10-19(16(3)12-14)17(4)23-22(25)18(5)24(29(7,26)27)20-13-15(2)9-11-21(20)28-6/h8-13,17-18H,1-7H3,(H,23,25)/t17-,18-/m1/s1. The average molecular weight is 419 g/mol. The molecule has 158 valence electrons. The fraction of sp³-hybridized carbons (Fsp3) is 0.409. The highest BCUT2D eigenvalue weighted by Gasteiger charge is 2.32. The Kier molecular flexibility index (Phi) is 6.95. The lowest BCUT2D eigenvalue weighted by Gasteiger charge is -2.30. The first-order valence-electron chi connectivity index (χ1n) is 9.47. The van der Waals surface area contributed by atoms with Gasteiger partial charge in [-0.05, 0) is 63.4 Å². The van der Waals surface area contributed by atoms with Gasteiger partial charge in [-0.25, -0.2) is 8.42 Å². The summed E-state index contributed by atoms with van der Waals surface area (Å²) in [5.41, 5.74) is 4.43. The minimum Gasteiger partial charge on any atom is -0.495 e. The van der Waals surface area contributed by atoms with Crippen LogP contribution in [0.4, 0.5) is 5.69 Å². The van der Waals surface area contributed by atoms with E-state index in [-0.39, 0.29) is 11.9 Å². The lowest BCUT2D eigenvalue weighted by atomic mass is 10.00. The summed E-state index contributed by atoms with van der Waals surface area (Å²) in [6.07, 6.45) is 1.09. The van der Waals surface area contributed by atoms with Crippen molar-refractivity contribution >= 4 is 21.6 Å². The molecular formula is C22H30N2O4S. The molecule has 29 heavy (non-hydrogen) atoms. The van der Waals surface area contributed by atoms with E-state index in [9.17, 15) is 13.2 Å². The molecule has 0 bridgehead atoms. The first-order valence-corrected chi connectivity index (χ1v) is 11.3. The number of benzene rings is 2. The highest BCUT2D eigenvalue weighted by Crippen LogP contribution is 2.33. The molecule has 0 aromatic heterocycles. The maximum absolute atomic E-state index is 13.0. The van der Waals surface area contributed by atoms with Gasteiger partial charge in [-0.2, -0.15) is 0 Å². The van der Waals surface area contributed by atoms with Crippen LogP contribution in [0.15, 0.2) is 36.4 Å². The third kappa shape index (κ3) is 5.29. The third-order valence-electron chi connectivity index (χ3n) is 4.91. The molecule has 0 aliphatic carbocycles. The quantitative estimate of drug-likeness (QED) is 0.745. The zero-order chi connectivity index (χ0) is 21.9. The Morgan fingerprint density at radius 3 is 2.17 bits per heavy atom. The molecule has 2 aromatic carbocycles. The molecule has 1 N–H and O–H groups in total. The normalized spacial score (nSPS) is 13.5. The Labute approximate surface area is 173 Å². The number of hydrogen-bond donors (Lipinski definition) is 1. The van der Waals surface area contributed by atoms with Crippen LogP contribution in [0, 0.1) is 20.8 Å². The van der Waals surface area contributed by atoms with Crippen molar-refractivity contribution in [3.63, 3.8) is 0 Å². The van der Waals surface area contributed by atoms with Gasteiger partial charge in [-0.3, -0.25) is 9.10 Å². The Hall–Kier alpha value is -2.54. The third-order valence-corrected chi connectivity index (χ3v) is 6.14. The van der Waals surface area contributed by atoms with Crippen LogP contribution in [0.5, 0.6) is 5.75 Å². The smallest absolute Gasteiger partial charge is 0.244 e. The highest BCUT2D eigenvalue weighted by molar-refractivity contribution is 7.92. The monoisotopic (exact) mass is 418 g/mol. The van der Waals surface area contributed by atoms with Crippen molar-refractivity contribution in [1.82, 2.24) is 5.32 Å². The topological polar surface area (TPSA) is 75.7 Å². The molecule has 0 aliphatic heterocycles. The van der Waals surface area contributed by atoms with E-state index < -0.39 is 16.1 Å². The summed E-state index contributed by atoms with van der Waals surface area (Å²) >= 11 is 0. The second kappa shape index (κ2) is 8.86. The van der Waals surface area contributed by atoms with E-state index in [1.165, 1.54) is 7.11 Å². The number of rotatable bonds is 7. The maximum Gasteiger partial charge on any atom is 0.244 e. The molecule has 0 fully saturated rings. The molecule has 1 amide bonds. The van der Waals surface area contributed by atoms with Crippen molar-refractivity contribution < 1.29 is 17.9 Å². The second-order valence-electron chi connectivity index (χ2n) is 7.50. The maximum atomic E-state index is 13.0. The summed E-state index contributed by atoms with van der Waals surface area (Å²) in [6.45, 7) is 9.33. The molecule has 0 saturated heterocycles. The molecule has 0 saturated carbocycles. The number of carbonyl (C=O) groups excluding carboxylic acids is 1. The van der Waals surface area contributed by atoms with Gasteiger partial charge in [0.05, 0.1) is 25.1 Å². The zero-order valence-electron chi connectivity index (χ0n) is 18.1. The Balaban J connectivity index is 2.36. The Bertz CT molecular complexity index is 1000. The molecule has 2 aromatic rings. The van der Waals surface area contributed by atoms with Gasteiger partial charge in [0.25, 0.3) is 0 Å². The number of amides is 1. The van der Waals surface area contributed by atoms with Crippen LogP contribution in [0.1, 0.15) is 42.1 Å². The van der Waals surface area contributed by atoms with Crippen molar-refractivity contribution in [2.45, 2.75) is 46.7 Å². The van der Waals surface area contributed by atoms with Crippen LogP contribution in [0.25, 0.3) is 0 Å². The lowest BCUT2D eigenvalue weighted by Crippen LogP contribution is -2.48. The van der Waals surface area contributed by atoms with Crippen LogP contribution < -0.4 is 14.4 Å².